The van der Waals surface area contributed by atoms with Crippen LogP contribution in [0.3, 0.4) is 0 Å². The Labute approximate surface area is 267 Å². The maximum absolute atomic E-state index is 13.8. The Morgan fingerprint density at radius 3 is 2.11 bits per heavy atom. The number of piperidine rings is 1. The second-order valence-corrected chi connectivity index (χ2v) is 14.0. The van der Waals surface area contributed by atoms with Crippen molar-refractivity contribution in [3.8, 4) is 5.75 Å². The van der Waals surface area contributed by atoms with Gasteiger partial charge in [0.15, 0.2) is 5.69 Å². The molecule has 12 nitrogen and oxygen atoms in total. The first-order valence-corrected chi connectivity index (χ1v) is 16.7. The monoisotopic (exact) mass is 673 g/mol. The number of piperazine rings is 1. The number of carbonyl (C=O) groups excluding carboxylic acids is 1. The molecule has 1 aromatic carbocycles. The highest BCUT2D eigenvalue weighted by atomic mass is 32.2. The molecule has 1 aliphatic carbocycles. The highest BCUT2D eigenvalue weighted by molar-refractivity contribution is 7.89. The molecule has 2 aliphatic heterocycles. The van der Waals surface area contributed by atoms with E-state index in [0.29, 0.717) is 30.0 Å². The van der Waals surface area contributed by atoms with Crippen LogP contribution in [0.1, 0.15) is 53.2 Å². The predicted molar refractivity (Wildman–Crippen MR) is 161 cm³/mol. The van der Waals surface area contributed by atoms with Crippen LogP contribution in [0.5, 0.6) is 5.75 Å². The number of carboxylic acids is 1. The topological polar surface area (TPSA) is 137 Å². The Balaban J connectivity index is 0.000000617. The average Bonchev–Trinajstić information content (AvgIpc) is 3.72. The van der Waals surface area contributed by atoms with Gasteiger partial charge in [0, 0.05) is 38.8 Å². The first-order valence-electron chi connectivity index (χ1n) is 15.2. The summed E-state index contributed by atoms with van der Waals surface area (Å²) in [6.45, 7) is 10.0. The summed E-state index contributed by atoms with van der Waals surface area (Å²) in [6, 6.07) is 3.38. The number of nitrogens with zero attached hydrogens (tertiary/aromatic N) is 5. The van der Waals surface area contributed by atoms with E-state index in [0.717, 1.165) is 51.5 Å². The highest BCUT2D eigenvalue weighted by Crippen LogP contribution is 2.36. The third-order valence-electron chi connectivity index (χ3n) is 8.51. The van der Waals surface area contributed by atoms with Crippen molar-refractivity contribution in [2.75, 3.05) is 60.0 Å². The Morgan fingerprint density at radius 1 is 1.04 bits per heavy atom. The van der Waals surface area contributed by atoms with E-state index >= 15 is 0 Å². The van der Waals surface area contributed by atoms with Gasteiger partial charge < -0.3 is 24.1 Å². The standard InChI is InChI=1S/C28H41N5O5S.C2HF3O2/c1-20-15-24(37-4)16-21(2)27(20)39(35,36)33(23-5-6-23)18-26-29-25(19-38-26)28(34)32-13-11-31(12-14-32)17-22-7-9-30(3)10-8-22;3-2(4,5)1(6)7/h15-16,19,22-23H,5-14,17-18H2,1-4H3;(H,6,7). The van der Waals surface area contributed by atoms with E-state index in [9.17, 15) is 26.4 Å². The molecule has 5 rings (SSSR count). The number of aryl methyl sites for hydroxylation is 2. The van der Waals surface area contributed by atoms with Crippen molar-refractivity contribution in [1.82, 2.24) is 24.0 Å². The number of carboxylic acid groups (broad SMARTS) is 1. The van der Waals surface area contributed by atoms with Gasteiger partial charge in [0.05, 0.1) is 18.6 Å². The molecule has 2 aromatic rings. The smallest absolute Gasteiger partial charge is 0.490 e. The number of alkyl halides is 3. The maximum Gasteiger partial charge on any atom is 0.490 e. The summed E-state index contributed by atoms with van der Waals surface area (Å²) in [5.41, 5.74) is 1.50. The Kier molecular flexibility index (Phi) is 11.4. The molecule has 1 amide bonds. The Hall–Kier alpha value is -3.21. The zero-order chi connectivity index (χ0) is 33.8. The van der Waals surface area contributed by atoms with Gasteiger partial charge in [-0.2, -0.15) is 17.5 Å². The van der Waals surface area contributed by atoms with Crippen LogP contribution >= 0.6 is 0 Å². The first kappa shape index (κ1) is 35.6. The molecule has 3 aliphatic rings. The van der Waals surface area contributed by atoms with Crippen LogP contribution < -0.4 is 4.74 Å². The molecule has 3 fully saturated rings. The average molecular weight is 674 g/mol. The lowest BCUT2D eigenvalue weighted by Crippen LogP contribution is -2.50. The maximum atomic E-state index is 13.8. The van der Waals surface area contributed by atoms with Crippen molar-refractivity contribution in [3.05, 3.63) is 41.1 Å². The van der Waals surface area contributed by atoms with Gasteiger partial charge in [0.1, 0.15) is 12.0 Å². The molecule has 1 N–H and O–H groups in total. The van der Waals surface area contributed by atoms with Crippen LogP contribution in [0.15, 0.2) is 27.7 Å². The minimum atomic E-state index is -5.08. The Bertz CT molecular complexity index is 1460. The first-order chi connectivity index (χ1) is 21.6. The lowest BCUT2D eigenvalue weighted by atomic mass is 9.96. The van der Waals surface area contributed by atoms with E-state index in [-0.39, 0.29) is 35.0 Å². The molecule has 1 aromatic heterocycles. The third-order valence-corrected chi connectivity index (χ3v) is 10.7. The van der Waals surface area contributed by atoms with E-state index in [1.165, 1.54) is 23.4 Å². The molecule has 3 heterocycles. The molecule has 46 heavy (non-hydrogen) atoms. The molecule has 0 bridgehead atoms. The van der Waals surface area contributed by atoms with E-state index < -0.39 is 22.2 Å². The number of aromatic nitrogens is 1. The van der Waals surface area contributed by atoms with Gasteiger partial charge in [-0.25, -0.2) is 18.2 Å². The minimum absolute atomic E-state index is 0.00442. The van der Waals surface area contributed by atoms with Gasteiger partial charge in [-0.15, -0.1) is 0 Å². The van der Waals surface area contributed by atoms with Crippen molar-refractivity contribution in [3.63, 3.8) is 0 Å². The van der Waals surface area contributed by atoms with Crippen molar-refractivity contribution >= 4 is 21.9 Å². The van der Waals surface area contributed by atoms with Crippen LogP contribution in [0.2, 0.25) is 0 Å². The number of likely N-dealkylation sites (tertiary alicyclic amines) is 1. The van der Waals surface area contributed by atoms with E-state index in [1.807, 2.05) is 4.90 Å². The van der Waals surface area contributed by atoms with Crippen LogP contribution in [-0.4, -0.2) is 122 Å². The summed E-state index contributed by atoms with van der Waals surface area (Å²) in [7, 11) is -0.0533. The van der Waals surface area contributed by atoms with Crippen molar-refractivity contribution < 1.29 is 45.4 Å². The predicted octanol–water partition coefficient (Wildman–Crippen LogP) is 3.39. The number of carbonyl (C=O) groups is 2. The normalized spacial score (nSPS) is 18.7. The van der Waals surface area contributed by atoms with Gasteiger partial charge in [-0.1, -0.05) is 0 Å². The second-order valence-electron chi connectivity index (χ2n) is 12.1. The fraction of sp³-hybridized carbons (Fsp3) is 0.633. The molecule has 16 heteroatoms. The molecular weight excluding hydrogens is 631 g/mol. The van der Waals surface area contributed by atoms with Gasteiger partial charge in [0.25, 0.3) is 5.91 Å². The quantitative estimate of drug-likeness (QED) is 0.422. The third kappa shape index (κ3) is 8.98. The zero-order valence-electron chi connectivity index (χ0n) is 26.5. The number of sulfonamides is 1. The number of ether oxygens (including phenoxy) is 1. The Morgan fingerprint density at radius 2 is 1.61 bits per heavy atom. The fourth-order valence-electron chi connectivity index (χ4n) is 5.85. The molecular formula is C30H42F3N5O7S. The van der Waals surface area contributed by atoms with Crippen LogP contribution in [0.25, 0.3) is 0 Å². The van der Waals surface area contributed by atoms with E-state index in [4.69, 9.17) is 19.1 Å². The lowest BCUT2D eigenvalue weighted by molar-refractivity contribution is -0.192. The zero-order valence-corrected chi connectivity index (χ0v) is 27.4. The number of halogens is 3. The number of amides is 1. The molecule has 0 spiro atoms. The molecule has 256 valence electrons. The summed E-state index contributed by atoms with van der Waals surface area (Å²) < 4.78 is 71.7. The van der Waals surface area contributed by atoms with Crippen LogP contribution in [0.4, 0.5) is 13.2 Å². The fourth-order valence-corrected chi connectivity index (χ4v) is 7.90. The van der Waals surface area contributed by atoms with Crippen molar-refractivity contribution in [2.24, 2.45) is 5.92 Å². The van der Waals surface area contributed by atoms with Crippen molar-refractivity contribution in [1.29, 1.82) is 0 Å². The molecule has 0 atom stereocenters. The summed E-state index contributed by atoms with van der Waals surface area (Å²) >= 11 is 0. The van der Waals surface area contributed by atoms with Gasteiger partial charge >= 0.3 is 12.1 Å². The number of rotatable bonds is 9. The van der Waals surface area contributed by atoms with Gasteiger partial charge in [-0.3, -0.25) is 9.69 Å². The number of aliphatic carboxylic acids is 1. The van der Waals surface area contributed by atoms with E-state index in [1.54, 1.807) is 33.1 Å². The molecule has 2 saturated heterocycles. The number of hydrogen-bond donors (Lipinski definition) is 1. The largest absolute Gasteiger partial charge is 0.497 e. The SMILES string of the molecule is COc1cc(C)c(S(=O)(=O)N(Cc2nc(C(=O)N3CCN(CC4CCN(C)CC4)CC3)co2)C2CC2)c(C)c1.O=C(O)C(F)(F)F. The van der Waals surface area contributed by atoms with Crippen LogP contribution in [-0.2, 0) is 21.4 Å². The van der Waals surface area contributed by atoms with Gasteiger partial charge in [0.2, 0.25) is 15.9 Å². The second kappa shape index (κ2) is 14.7. The number of hydrogen-bond acceptors (Lipinski definition) is 9. The summed E-state index contributed by atoms with van der Waals surface area (Å²) in [5.74, 6) is -1.32. The van der Waals surface area contributed by atoms with E-state index in [2.05, 4.69) is 21.8 Å². The number of methoxy groups -OCH3 is 1. The highest BCUT2D eigenvalue weighted by Gasteiger charge is 2.41. The van der Waals surface area contributed by atoms with Crippen molar-refractivity contribution in [2.45, 2.75) is 63.2 Å². The summed E-state index contributed by atoms with van der Waals surface area (Å²) in [6.07, 6.45) is 0.346. The minimum Gasteiger partial charge on any atom is -0.497 e. The lowest BCUT2D eigenvalue weighted by Gasteiger charge is -2.38. The summed E-state index contributed by atoms with van der Waals surface area (Å²) in [4.78, 5) is 33.5. The number of oxazole rings is 1. The molecule has 0 unspecified atom stereocenters. The molecule has 1 saturated carbocycles. The van der Waals surface area contributed by atoms with Crippen LogP contribution in [0, 0.1) is 19.8 Å². The van der Waals surface area contributed by atoms with Gasteiger partial charge in [-0.05, 0) is 88.8 Å². The number of benzene rings is 1. The molecule has 0 radical (unpaired) electrons. The summed E-state index contributed by atoms with van der Waals surface area (Å²) in [5, 5.41) is 7.12.